The van der Waals surface area contributed by atoms with Crippen molar-refractivity contribution in [1.29, 1.82) is 0 Å². The predicted octanol–water partition coefficient (Wildman–Crippen LogP) is 1.34. The van der Waals surface area contributed by atoms with Crippen molar-refractivity contribution in [3.63, 3.8) is 0 Å². The van der Waals surface area contributed by atoms with Gasteiger partial charge in [-0.25, -0.2) is 14.2 Å². The van der Waals surface area contributed by atoms with E-state index in [1.54, 1.807) is 24.9 Å². The second-order valence-electron chi connectivity index (χ2n) is 3.92. The van der Waals surface area contributed by atoms with Crippen molar-refractivity contribution in [3.8, 4) is 11.8 Å². The molecule has 1 aromatic heterocycles. The molecule has 0 saturated heterocycles. The topological polar surface area (TPSA) is 53.4 Å². The molecule has 0 unspecified atom stereocenters. The zero-order valence-electron chi connectivity index (χ0n) is 10.4. The Bertz CT molecular complexity index is 491. The number of halogens is 1. The van der Waals surface area contributed by atoms with Gasteiger partial charge in [-0.05, 0) is 26.1 Å². The molecule has 0 aromatic carbocycles. The lowest BCUT2D eigenvalue weighted by atomic mass is 10.2. The van der Waals surface area contributed by atoms with Crippen LogP contribution in [0.2, 0.25) is 0 Å². The lowest BCUT2D eigenvalue weighted by molar-refractivity contribution is 0.0690. The summed E-state index contributed by atoms with van der Waals surface area (Å²) in [7, 11) is 1.77. The lowest BCUT2D eigenvalue weighted by Gasteiger charge is -2.08. The number of carbonyl (C=O) groups is 1. The first-order valence-electron chi connectivity index (χ1n) is 5.48. The molecule has 0 spiro atoms. The number of carboxylic acid groups (broad SMARTS) is 1. The van der Waals surface area contributed by atoms with Crippen molar-refractivity contribution in [3.05, 3.63) is 29.1 Å². The largest absolute Gasteiger partial charge is 0.477 e. The molecule has 1 aromatic rings. The highest BCUT2D eigenvalue weighted by atomic mass is 19.1. The van der Waals surface area contributed by atoms with Crippen molar-refractivity contribution >= 4 is 5.97 Å². The Balaban J connectivity index is 2.79. The summed E-state index contributed by atoms with van der Waals surface area (Å²) in [5.41, 5.74) is 1.20. The van der Waals surface area contributed by atoms with Crippen molar-refractivity contribution in [1.82, 2.24) is 9.88 Å². The molecule has 0 amide bonds. The van der Waals surface area contributed by atoms with E-state index in [-0.39, 0.29) is 5.69 Å². The smallest absolute Gasteiger partial charge is 0.354 e. The van der Waals surface area contributed by atoms with Crippen molar-refractivity contribution in [2.24, 2.45) is 0 Å². The second kappa shape index (κ2) is 6.72. The van der Waals surface area contributed by atoms with E-state index in [1.807, 2.05) is 0 Å². The number of hydrogen-bond acceptors (Lipinski definition) is 3. The molecule has 1 N–H and O–H groups in total. The minimum Gasteiger partial charge on any atom is -0.477 e. The van der Waals surface area contributed by atoms with Gasteiger partial charge >= 0.3 is 5.97 Å². The Kier molecular flexibility index (Phi) is 5.28. The standard InChI is InChI=1S/C13H15FN2O2/c1-10-8-11(9-12(15-10)13(17)18)4-3-6-16(2)7-5-14/h8-9H,5-7H2,1-2H3,(H,17,18). The van der Waals surface area contributed by atoms with Crippen LogP contribution in [0.5, 0.6) is 0 Å². The SMILES string of the molecule is Cc1cc(C#CCN(C)CCF)cc(C(=O)O)n1. The maximum absolute atomic E-state index is 12.0. The van der Waals surface area contributed by atoms with Gasteiger partial charge in [0.1, 0.15) is 12.4 Å². The molecule has 0 saturated carbocycles. The van der Waals surface area contributed by atoms with Crippen LogP contribution in [0, 0.1) is 18.8 Å². The number of hydrogen-bond donors (Lipinski definition) is 1. The van der Waals surface area contributed by atoms with Gasteiger partial charge < -0.3 is 5.11 Å². The number of aryl methyl sites for hydroxylation is 1. The third-order valence-corrected chi connectivity index (χ3v) is 2.22. The van der Waals surface area contributed by atoms with Gasteiger partial charge in [0.2, 0.25) is 0 Å². The minimum absolute atomic E-state index is 0.0172. The first kappa shape index (κ1) is 14.1. The average Bonchev–Trinajstić information content (AvgIpc) is 2.28. The van der Waals surface area contributed by atoms with Crippen LogP contribution in [-0.2, 0) is 0 Å². The monoisotopic (exact) mass is 250 g/mol. The van der Waals surface area contributed by atoms with Crippen molar-refractivity contribution in [2.75, 3.05) is 26.8 Å². The zero-order chi connectivity index (χ0) is 13.5. The van der Waals surface area contributed by atoms with Crippen LogP contribution in [0.15, 0.2) is 12.1 Å². The average molecular weight is 250 g/mol. The summed E-state index contributed by atoms with van der Waals surface area (Å²) >= 11 is 0. The molecule has 18 heavy (non-hydrogen) atoms. The van der Waals surface area contributed by atoms with E-state index < -0.39 is 12.6 Å². The van der Waals surface area contributed by atoms with Gasteiger partial charge in [-0.15, -0.1) is 0 Å². The second-order valence-corrected chi connectivity index (χ2v) is 3.92. The maximum Gasteiger partial charge on any atom is 0.354 e. The molecule has 5 heteroatoms. The summed E-state index contributed by atoms with van der Waals surface area (Å²) in [4.78, 5) is 16.4. The fourth-order valence-electron chi connectivity index (χ4n) is 1.35. The normalized spacial score (nSPS) is 10.0. The van der Waals surface area contributed by atoms with E-state index in [0.29, 0.717) is 24.3 Å². The van der Waals surface area contributed by atoms with Crippen LogP contribution in [0.3, 0.4) is 0 Å². The quantitative estimate of drug-likeness (QED) is 0.819. The summed E-state index contributed by atoms with van der Waals surface area (Å²) in [6.07, 6.45) is 0. The Morgan fingerprint density at radius 2 is 2.28 bits per heavy atom. The first-order chi connectivity index (χ1) is 8.52. The summed E-state index contributed by atoms with van der Waals surface area (Å²) < 4.78 is 12.0. The number of nitrogens with zero attached hydrogens (tertiary/aromatic N) is 2. The summed E-state index contributed by atoms with van der Waals surface area (Å²) in [5.74, 6) is 4.65. The van der Waals surface area contributed by atoms with Gasteiger partial charge in [-0.2, -0.15) is 0 Å². The molecule has 0 fully saturated rings. The van der Waals surface area contributed by atoms with Crippen LogP contribution in [-0.4, -0.2) is 47.8 Å². The molecule has 0 aliphatic carbocycles. The molecule has 0 aliphatic rings. The number of pyridine rings is 1. The molecule has 96 valence electrons. The number of carboxylic acids is 1. The van der Waals surface area contributed by atoms with Crippen LogP contribution in [0.25, 0.3) is 0 Å². The van der Waals surface area contributed by atoms with Crippen LogP contribution in [0.4, 0.5) is 4.39 Å². The molecular weight excluding hydrogens is 235 g/mol. The number of aromatic carboxylic acids is 1. The molecule has 0 aliphatic heterocycles. The van der Waals surface area contributed by atoms with E-state index in [9.17, 15) is 9.18 Å². The third-order valence-electron chi connectivity index (χ3n) is 2.22. The molecule has 0 bridgehead atoms. The highest BCUT2D eigenvalue weighted by molar-refractivity contribution is 5.85. The van der Waals surface area contributed by atoms with Gasteiger partial charge in [-0.1, -0.05) is 11.8 Å². The van der Waals surface area contributed by atoms with E-state index in [4.69, 9.17) is 5.11 Å². The highest BCUT2D eigenvalue weighted by Gasteiger charge is 2.05. The van der Waals surface area contributed by atoms with Gasteiger partial charge in [0.05, 0.1) is 6.54 Å². The van der Waals surface area contributed by atoms with Gasteiger partial charge in [0.25, 0.3) is 0 Å². The molecule has 4 nitrogen and oxygen atoms in total. The Labute approximate surface area is 105 Å². The van der Waals surface area contributed by atoms with Crippen LogP contribution >= 0.6 is 0 Å². The Hall–Kier alpha value is -1.93. The molecular formula is C13H15FN2O2. The lowest BCUT2D eigenvalue weighted by Crippen LogP contribution is -2.20. The maximum atomic E-state index is 12.0. The van der Waals surface area contributed by atoms with E-state index in [2.05, 4.69) is 16.8 Å². The van der Waals surface area contributed by atoms with Crippen molar-refractivity contribution < 1.29 is 14.3 Å². The molecule has 1 rings (SSSR count). The van der Waals surface area contributed by atoms with Gasteiger partial charge in [-0.3, -0.25) is 4.90 Å². The van der Waals surface area contributed by atoms with Crippen LogP contribution < -0.4 is 0 Å². The first-order valence-corrected chi connectivity index (χ1v) is 5.48. The van der Waals surface area contributed by atoms with E-state index in [1.165, 1.54) is 6.07 Å². The molecule has 0 radical (unpaired) electrons. The predicted molar refractivity (Wildman–Crippen MR) is 66.3 cm³/mol. The van der Waals surface area contributed by atoms with Gasteiger partial charge in [0, 0.05) is 17.8 Å². The fraction of sp³-hybridized carbons (Fsp3) is 0.385. The van der Waals surface area contributed by atoms with Crippen molar-refractivity contribution in [2.45, 2.75) is 6.92 Å². The summed E-state index contributed by atoms with van der Waals surface area (Å²) in [5, 5.41) is 8.86. The number of alkyl halides is 1. The molecule has 1 heterocycles. The van der Waals surface area contributed by atoms with Gasteiger partial charge in [0.15, 0.2) is 0 Å². The highest BCUT2D eigenvalue weighted by Crippen LogP contribution is 2.04. The van der Waals surface area contributed by atoms with E-state index >= 15 is 0 Å². The summed E-state index contributed by atoms with van der Waals surface area (Å²) in [6.45, 7) is 2.08. The fourth-order valence-corrected chi connectivity index (χ4v) is 1.35. The van der Waals surface area contributed by atoms with Crippen LogP contribution in [0.1, 0.15) is 21.7 Å². The summed E-state index contributed by atoms with van der Waals surface area (Å²) in [6, 6.07) is 3.14. The molecule has 0 atom stereocenters. The number of rotatable bonds is 4. The Morgan fingerprint density at radius 3 is 2.89 bits per heavy atom. The zero-order valence-corrected chi connectivity index (χ0v) is 10.4. The van der Waals surface area contributed by atoms with E-state index in [0.717, 1.165) is 0 Å². The minimum atomic E-state index is -1.07. The Morgan fingerprint density at radius 1 is 1.56 bits per heavy atom. The number of aromatic nitrogens is 1. The third kappa shape index (κ3) is 4.52.